The van der Waals surface area contributed by atoms with E-state index >= 15 is 0 Å². The van der Waals surface area contributed by atoms with Crippen molar-refractivity contribution in [2.75, 3.05) is 26.3 Å². The van der Waals surface area contributed by atoms with E-state index < -0.39 is 11.5 Å². The van der Waals surface area contributed by atoms with Crippen molar-refractivity contribution in [1.82, 2.24) is 14.3 Å². The summed E-state index contributed by atoms with van der Waals surface area (Å²) in [6, 6.07) is 16.7. The van der Waals surface area contributed by atoms with E-state index in [0.29, 0.717) is 49.5 Å². The zero-order valence-electron chi connectivity index (χ0n) is 23.8. The Kier molecular flexibility index (Phi) is 8.60. The number of benzene rings is 2. The molecule has 0 atom stereocenters. The van der Waals surface area contributed by atoms with E-state index in [1.807, 2.05) is 24.3 Å². The molecule has 0 N–H and O–H groups in total. The van der Waals surface area contributed by atoms with Crippen molar-refractivity contribution in [3.05, 3.63) is 75.6 Å². The molecule has 4 rings (SSSR count). The van der Waals surface area contributed by atoms with Crippen molar-refractivity contribution >= 4 is 11.9 Å². The molecule has 0 bridgehead atoms. The van der Waals surface area contributed by atoms with E-state index in [1.165, 1.54) is 4.68 Å². The molecule has 2 heterocycles. The van der Waals surface area contributed by atoms with Crippen molar-refractivity contribution < 1.29 is 19.1 Å². The highest BCUT2D eigenvalue weighted by Crippen LogP contribution is 2.29. The third kappa shape index (κ3) is 6.02. The number of nitriles is 1. The van der Waals surface area contributed by atoms with Crippen LogP contribution >= 0.6 is 0 Å². The molecule has 3 aromatic rings. The summed E-state index contributed by atoms with van der Waals surface area (Å²) in [7, 11) is 1.76. The number of likely N-dealkylation sites (tertiary alicyclic amines) is 1. The molecule has 1 aliphatic rings. The van der Waals surface area contributed by atoms with Crippen LogP contribution in [-0.2, 0) is 26.7 Å². The molecule has 1 saturated heterocycles. The van der Waals surface area contributed by atoms with Crippen LogP contribution in [0, 0.1) is 11.3 Å². The highest BCUT2D eigenvalue weighted by Gasteiger charge is 2.32. The third-order valence-corrected chi connectivity index (χ3v) is 7.22. The Labute approximate surface area is 234 Å². The van der Waals surface area contributed by atoms with Crippen LogP contribution in [0.25, 0.3) is 16.9 Å². The quantitative estimate of drug-likeness (QED) is 0.413. The molecule has 0 spiro atoms. The van der Waals surface area contributed by atoms with Gasteiger partial charge in [-0.1, -0.05) is 45.0 Å². The Morgan fingerprint density at radius 3 is 2.20 bits per heavy atom. The minimum absolute atomic E-state index is 0.0445. The van der Waals surface area contributed by atoms with Crippen molar-refractivity contribution in [1.29, 1.82) is 5.26 Å². The standard InChI is InChI=1S/C31H36N4O5/c1-6-39-26(36)20-40-25-15-17-34(18-16-25)29(37)27-28(22-9-11-23(12-10-22)31(2,3)4)33(5)35(30(27)38)24-13-7-21(19-32)8-14-24/h7-14,25H,6,15-18,20H2,1-5H3. The molecular weight excluding hydrogens is 508 g/mol. The topological polar surface area (TPSA) is 107 Å². The summed E-state index contributed by atoms with van der Waals surface area (Å²) in [5, 5.41) is 9.20. The van der Waals surface area contributed by atoms with Gasteiger partial charge in [0.1, 0.15) is 12.2 Å². The van der Waals surface area contributed by atoms with Crippen LogP contribution in [0.5, 0.6) is 0 Å². The van der Waals surface area contributed by atoms with E-state index in [9.17, 15) is 19.6 Å². The van der Waals surface area contributed by atoms with E-state index in [1.54, 1.807) is 47.8 Å². The average Bonchev–Trinajstić information content (AvgIpc) is 3.21. The van der Waals surface area contributed by atoms with Gasteiger partial charge in [-0.2, -0.15) is 5.26 Å². The molecule has 40 heavy (non-hydrogen) atoms. The Morgan fingerprint density at radius 2 is 1.65 bits per heavy atom. The largest absolute Gasteiger partial charge is 0.464 e. The van der Waals surface area contributed by atoms with Gasteiger partial charge in [0.25, 0.3) is 11.5 Å². The van der Waals surface area contributed by atoms with Gasteiger partial charge in [0.05, 0.1) is 35.7 Å². The molecule has 0 aliphatic carbocycles. The van der Waals surface area contributed by atoms with Crippen LogP contribution < -0.4 is 5.56 Å². The summed E-state index contributed by atoms with van der Waals surface area (Å²) in [6.45, 7) is 9.13. The summed E-state index contributed by atoms with van der Waals surface area (Å²) in [6.07, 6.45) is 0.943. The zero-order valence-corrected chi connectivity index (χ0v) is 23.8. The molecule has 1 amide bonds. The highest BCUT2D eigenvalue weighted by molar-refractivity contribution is 6.00. The summed E-state index contributed by atoms with van der Waals surface area (Å²) < 4.78 is 13.8. The second-order valence-electron chi connectivity index (χ2n) is 11.0. The van der Waals surface area contributed by atoms with Gasteiger partial charge in [0.15, 0.2) is 0 Å². The third-order valence-electron chi connectivity index (χ3n) is 7.22. The minimum atomic E-state index is -0.423. The summed E-state index contributed by atoms with van der Waals surface area (Å²) in [5.41, 5.74) is 3.10. The van der Waals surface area contributed by atoms with Crippen molar-refractivity contribution in [3.8, 4) is 23.0 Å². The fraction of sp³-hybridized carbons (Fsp3) is 0.419. The van der Waals surface area contributed by atoms with E-state index in [2.05, 4.69) is 26.8 Å². The average molecular weight is 545 g/mol. The number of aromatic nitrogens is 2. The molecule has 0 radical (unpaired) electrons. The van der Waals surface area contributed by atoms with E-state index in [0.717, 1.165) is 11.1 Å². The van der Waals surface area contributed by atoms with Gasteiger partial charge in [-0.3, -0.25) is 14.3 Å². The monoisotopic (exact) mass is 544 g/mol. The van der Waals surface area contributed by atoms with Crippen LogP contribution in [0.1, 0.15) is 62.0 Å². The van der Waals surface area contributed by atoms with E-state index in [4.69, 9.17) is 9.47 Å². The molecular formula is C31H36N4O5. The van der Waals surface area contributed by atoms with Crippen molar-refractivity contribution in [2.24, 2.45) is 7.05 Å². The first-order chi connectivity index (χ1) is 19.0. The number of ether oxygens (including phenoxy) is 2. The molecule has 0 saturated carbocycles. The van der Waals surface area contributed by atoms with Gasteiger partial charge in [-0.15, -0.1) is 0 Å². The molecule has 210 valence electrons. The highest BCUT2D eigenvalue weighted by atomic mass is 16.6. The van der Waals surface area contributed by atoms with Gasteiger partial charge < -0.3 is 14.4 Å². The smallest absolute Gasteiger partial charge is 0.332 e. The Morgan fingerprint density at radius 1 is 1.02 bits per heavy atom. The predicted molar refractivity (Wildman–Crippen MR) is 151 cm³/mol. The first-order valence-corrected chi connectivity index (χ1v) is 13.5. The summed E-state index contributed by atoms with van der Waals surface area (Å²) in [5.74, 6) is -0.748. The van der Waals surface area contributed by atoms with E-state index in [-0.39, 0.29) is 29.6 Å². The first-order valence-electron chi connectivity index (χ1n) is 13.5. The number of carbonyl (C=O) groups excluding carboxylic acids is 2. The maximum absolute atomic E-state index is 13.9. The maximum atomic E-state index is 13.9. The minimum Gasteiger partial charge on any atom is -0.464 e. The number of hydrogen-bond acceptors (Lipinski definition) is 6. The normalized spacial score (nSPS) is 14.2. The number of amides is 1. The Hall–Kier alpha value is -4.16. The summed E-state index contributed by atoms with van der Waals surface area (Å²) in [4.78, 5) is 41.2. The van der Waals surface area contributed by atoms with Crippen LogP contribution in [0.2, 0.25) is 0 Å². The SMILES string of the molecule is CCOC(=O)COC1CCN(C(=O)c2c(-c3ccc(C(C)(C)C)cc3)n(C)n(-c3ccc(C#N)cc3)c2=O)CC1. The lowest BCUT2D eigenvalue weighted by Crippen LogP contribution is -2.42. The Bertz CT molecular complexity index is 1460. The number of esters is 1. The number of piperidine rings is 1. The second kappa shape index (κ2) is 11.9. The number of carbonyl (C=O) groups is 2. The number of nitrogens with zero attached hydrogens (tertiary/aromatic N) is 4. The fourth-order valence-electron chi connectivity index (χ4n) is 5.00. The lowest BCUT2D eigenvalue weighted by molar-refractivity contribution is -0.151. The molecule has 2 aromatic carbocycles. The van der Waals surface area contributed by atoms with Crippen molar-refractivity contribution in [3.63, 3.8) is 0 Å². The lowest BCUT2D eigenvalue weighted by Gasteiger charge is -2.31. The lowest BCUT2D eigenvalue weighted by atomic mass is 9.86. The molecule has 0 unspecified atom stereocenters. The molecule has 1 aromatic heterocycles. The first kappa shape index (κ1) is 28.8. The molecule has 1 fully saturated rings. The zero-order chi connectivity index (χ0) is 29.0. The predicted octanol–water partition coefficient (Wildman–Crippen LogP) is 4.20. The number of rotatable bonds is 7. The second-order valence-corrected chi connectivity index (χ2v) is 11.0. The maximum Gasteiger partial charge on any atom is 0.332 e. The van der Waals surface area contributed by atoms with Gasteiger partial charge in [0, 0.05) is 25.7 Å². The van der Waals surface area contributed by atoms with Crippen molar-refractivity contribution in [2.45, 2.75) is 52.1 Å². The van der Waals surface area contributed by atoms with Crippen LogP contribution in [-0.4, -0.2) is 58.5 Å². The fourth-order valence-corrected chi connectivity index (χ4v) is 5.00. The molecule has 1 aliphatic heterocycles. The Balaban J connectivity index is 1.69. The molecule has 9 heteroatoms. The summed E-state index contributed by atoms with van der Waals surface area (Å²) >= 11 is 0. The molecule has 9 nitrogen and oxygen atoms in total. The number of hydrogen-bond donors (Lipinski definition) is 0. The van der Waals surface area contributed by atoms with Crippen LogP contribution in [0.4, 0.5) is 0 Å². The van der Waals surface area contributed by atoms with Crippen LogP contribution in [0.3, 0.4) is 0 Å². The van der Waals surface area contributed by atoms with Gasteiger partial charge >= 0.3 is 5.97 Å². The van der Waals surface area contributed by atoms with Gasteiger partial charge in [-0.05, 0) is 55.0 Å². The van der Waals surface area contributed by atoms with Crippen LogP contribution in [0.15, 0.2) is 53.3 Å². The van der Waals surface area contributed by atoms with Gasteiger partial charge in [-0.25, -0.2) is 9.48 Å². The van der Waals surface area contributed by atoms with Gasteiger partial charge in [0.2, 0.25) is 0 Å².